The first-order valence-corrected chi connectivity index (χ1v) is 9.69. The summed E-state index contributed by atoms with van der Waals surface area (Å²) in [6.07, 6.45) is 1.79. The van der Waals surface area contributed by atoms with Gasteiger partial charge in [-0.05, 0) is 67.6 Å². The predicted octanol–water partition coefficient (Wildman–Crippen LogP) is 5.08. The second-order valence-corrected chi connectivity index (χ2v) is 7.13. The molecule has 1 heterocycles. The van der Waals surface area contributed by atoms with Crippen LogP contribution in [0, 0.1) is 0 Å². The van der Waals surface area contributed by atoms with E-state index >= 15 is 0 Å². The number of hydrogen-bond acceptors (Lipinski definition) is 4. The molecule has 6 heteroatoms. The Bertz CT molecular complexity index is 858. The van der Waals surface area contributed by atoms with E-state index in [4.69, 9.17) is 11.6 Å². The molecule has 0 saturated carbocycles. The van der Waals surface area contributed by atoms with Gasteiger partial charge in [-0.15, -0.1) is 0 Å². The summed E-state index contributed by atoms with van der Waals surface area (Å²) in [4.78, 5) is 19.6. The molecule has 2 aromatic rings. The Morgan fingerprint density at radius 1 is 1.12 bits per heavy atom. The number of carbonyl (C=O) groups is 1. The second kappa shape index (κ2) is 8.43. The van der Waals surface area contributed by atoms with E-state index in [1.165, 1.54) is 17.4 Å². The van der Waals surface area contributed by atoms with Gasteiger partial charge in [0.15, 0.2) is 5.17 Å². The van der Waals surface area contributed by atoms with Crippen molar-refractivity contribution in [1.82, 2.24) is 5.32 Å². The lowest BCUT2D eigenvalue weighted by molar-refractivity contribution is -0.115. The quantitative estimate of drug-likeness (QED) is 0.730. The van der Waals surface area contributed by atoms with Crippen molar-refractivity contribution in [3.63, 3.8) is 0 Å². The van der Waals surface area contributed by atoms with Crippen LogP contribution >= 0.6 is 23.4 Å². The molecule has 1 saturated heterocycles. The third-order valence-electron chi connectivity index (χ3n) is 4.05. The van der Waals surface area contributed by atoms with Gasteiger partial charge >= 0.3 is 0 Å². The molecule has 0 spiro atoms. The number of amidine groups is 1. The van der Waals surface area contributed by atoms with E-state index in [0.29, 0.717) is 15.1 Å². The van der Waals surface area contributed by atoms with Crippen LogP contribution in [-0.2, 0) is 4.79 Å². The molecule has 1 fully saturated rings. The van der Waals surface area contributed by atoms with Crippen LogP contribution < -0.4 is 10.2 Å². The number of amides is 1. The fourth-order valence-electron chi connectivity index (χ4n) is 2.66. The van der Waals surface area contributed by atoms with E-state index in [2.05, 4.69) is 29.1 Å². The Kier molecular flexibility index (Phi) is 6.01. The molecule has 0 unspecified atom stereocenters. The zero-order valence-corrected chi connectivity index (χ0v) is 16.3. The highest BCUT2D eigenvalue weighted by Gasteiger charge is 2.24. The topological polar surface area (TPSA) is 44.7 Å². The molecule has 1 aliphatic heterocycles. The highest BCUT2D eigenvalue weighted by Crippen LogP contribution is 2.30. The largest absolute Gasteiger partial charge is 0.372 e. The molecule has 0 radical (unpaired) electrons. The van der Waals surface area contributed by atoms with Gasteiger partial charge in [0.25, 0.3) is 5.91 Å². The summed E-state index contributed by atoms with van der Waals surface area (Å²) in [5, 5.41) is 3.99. The monoisotopic (exact) mass is 385 g/mol. The first-order chi connectivity index (χ1) is 12.6. The Morgan fingerprint density at radius 3 is 2.46 bits per heavy atom. The van der Waals surface area contributed by atoms with Crippen molar-refractivity contribution >= 4 is 51.9 Å². The summed E-state index contributed by atoms with van der Waals surface area (Å²) in [6.45, 7) is 6.20. The zero-order valence-electron chi connectivity index (χ0n) is 14.7. The van der Waals surface area contributed by atoms with E-state index in [1.54, 1.807) is 12.1 Å². The fourth-order valence-corrected chi connectivity index (χ4v) is 3.68. The van der Waals surface area contributed by atoms with Gasteiger partial charge in [-0.1, -0.05) is 29.8 Å². The van der Waals surface area contributed by atoms with Crippen LogP contribution in [-0.4, -0.2) is 24.2 Å². The van der Waals surface area contributed by atoms with E-state index in [-0.39, 0.29) is 5.91 Å². The Balaban J connectivity index is 1.77. The van der Waals surface area contributed by atoms with Gasteiger partial charge in [0.1, 0.15) is 0 Å². The average Bonchev–Trinajstić information content (AvgIpc) is 2.98. The molecule has 2 aromatic carbocycles. The van der Waals surface area contributed by atoms with E-state index < -0.39 is 0 Å². The highest BCUT2D eigenvalue weighted by atomic mass is 35.5. The normalized spacial score (nSPS) is 17.0. The number of anilines is 1. The molecular formula is C20H20ClN3OS. The molecule has 0 bridgehead atoms. The number of nitrogens with zero attached hydrogens (tertiary/aromatic N) is 2. The molecule has 26 heavy (non-hydrogen) atoms. The number of benzene rings is 2. The zero-order chi connectivity index (χ0) is 18.5. The summed E-state index contributed by atoms with van der Waals surface area (Å²) < 4.78 is 0. The molecule has 1 aliphatic rings. The molecule has 0 atom stereocenters. The van der Waals surface area contributed by atoms with Crippen LogP contribution in [0.1, 0.15) is 19.4 Å². The number of rotatable bonds is 5. The summed E-state index contributed by atoms with van der Waals surface area (Å²) in [6, 6.07) is 15.5. The van der Waals surface area contributed by atoms with Crippen molar-refractivity contribution in [2.45, 2.75) is 13.8 Å². The van der Waals surface area contributed by atoms with Crippen LogP contribution in [0.5, 0.6) is 0 Å². The SMILES string of the molecule is CCN(CC)c1ccc(N=C2NC(=O)/C(=C/c3ccccc3Cl)S2)cc1. The van der Waals surface area contributed by atoms with E-state index in [9.17, 15) is 4.79 Å². The summed E-state index contributed by atoms with van der Waals surface area (Å²) >= 11 is 7.48. The van der Waals surface area contributed by atoms with Crippen molar-refractivity contribution in [2.75, 3.05) is 18.0 Å². The molecule has 3 rings (SSSR count). The minimum atomic E-state index is -0.159. The predicted molar refractivity (Wildman–Crippen MR) is 112 cm³/mol. The van der Waals surface area contributed by atoms with Crippen molar-refractivity contribution in [3.05, 3.63) is 64.0 Å². The second-order valence-electron chi connectivity index (χ2n) is 5.69. The number of halogens is 1. The van der Waals surface area contributed by atoms with E-state index in [0.717, 1.165) is 24.3 Å². The third-order valence-corrected chi connectivity index (χ3v) is 5.31. The fraction of sp³-hybridized carbons (Fsp3) is 0.200. The maximum absolute atomic E-state index is 12.2. The Labute approximate surface area is 163 Å². The molecule has 0 aliphatic carbocycles. The summed E-state index contributed by atoms with van der Waals surface area (Å²) in [5.41, 5.74) is 2.79. The van der Waals surface area contributed by atoms with Crippen molar-refractivity contribution < 1.29 is 4.79 Å². The maximum atomic E-state index is 12.2. The van der Waals surface area contributed by atoms with Gasteiger partial charge in [-0.25, -0.2) is 4.99 Å². The average molecular weight is 386 g/mol. The van der Waals surface area contributed by atoms with Gasteiger partial charge in [0.05, 0.1) is 10.6 Å². The molecule has 0 aromatic heterocycles. The number of aliphatic imine (C=N–C) groups is 1. The summed E-state index contributed by atoms with van der Waals surface area (Å²) in [7, 11) is 0. The smallest absolute Gasteiger partial charge is 0.264 e. The van der Waals surface area contributed by atoms with Gasteiger partial charge in [-0.3, -0.25) is 4.79 Å². The van der Waals surface area contributed by atoms with Crippen LogP contribution in [0.25, 0.3) is 6.08 Å². The Hall–Kier alpha value is -2.24. The minimum absolute atomic E-state index is 0.159. The lowest BCUT2D eigenvalue weighted by atomic mass is 10.2. The lowest BCUT2D eigenvalue weighted by Gasteiger charge is -2.20. The first-order valence-electron chi connectivity index (χ1n) is 8.49. The van der Waals surface area contributed by atoms with Gasteiger partial charge in [0, 0.05) is 23.8 Å². The number of hydrogen-bond donors (Lipinski definition) is 1. The highest BCUT2D eigenvalue weighted by molar-refractivity contribution is 8.18. The van der Waals surface area contributed by atoms with Crippen LogP contribution in [0.15, 0.2) is 58.4 Å². The van der Waals surface area contributed by atoms with Crippen molar-refractivity contribution in [1.29, 1.82) is 0 Å². The molecule has 1 amide bonds. The lowest BCUT2D eigenvalue weighted by Crippen LogP contribution is -2.21. The summed E-state index contributed by atoms with van der Waals surface area (Å²) in [5.74, 6) is -0.159. The van der Waals surface area contributed by atoms with Crippen molar-refractivity contribution in [2.24, 2.45) is 4.99 Å². The van der Waals surface area contributed by atoms with Crippen molar-refractivity contribution in [3.8, 4) is 0 Å². The van der Waals surface area contributed by atoms with Crippen LogP contribution in [0.2, 0.25) is 5.02 Å². The molecule has 1 N–H and O–H groups in total. The minimum Gasteiger partial charge on any atom is -0.372 e. The van der Waals surface area contributed by atoms with Gasteiger partial charge in [-0.2, -0.15) is 0 Å². The third kappa shape index (κ3) is 4.29. The maximum Gasteiger partial charge on any atom is 0.264 e. The van der Waals surface area contributed by atoms with Gasteiger partial charge in [0.2, 0.25) is 0 Å². The number of carbonyl (C=O) groups excluding carboxylic acids is 1. The van der Waals surface area contributed by atoms with E-state index in [1.807, 2.05) is 42.5 Å². The molecule has 134 valence electrons. The van der Waals surface area contributed by atoms with Crippen LogP contribution in [0.3, 0.4) is 0 Å². The molecule has 4 nitrogen and oxygen atoms in total. The number of thioether (sulfide) groups is 1. The Morgan fingerprint density at radius 2 is 1.81 bits per heavy atom. The van der Waals surface area contributed by atoms with Crippen LogP contribution in [0.4, 0.5) is 11.4 Å². The molecular weight excluding hydrogens is 366 g/mol. The standard InChI is InChI=1S/C20H20ClN3OS/c1-3-24(4-2)16-11-9-15(10-12-16)22-20-23-19(25)18(26-20)13-14-7-5-6-8-17(14)21/h5-13H,3-4H2,1-2H3,(H,22,23,25)/b18-13-. The van der Waals surface area contributed by atoms with Gasteiger partial charge < -0.3 is 10.2 Å². The number of nitrogens with one attached hydrogen (secondary N) is 1. The first kappa shape index (κ1) is 18.5.